The van der Waals surface area contributed by atoms with E-state index in [-0.39, 0.29) is 5.91 Å². The maximum atomic E-state index is 12.9. The van der Waals surface area contributed by atoms with Crippen molar-refractivity contribution in [2.24, 2.45) is 0 Å². The predicted octanol–water partition coefficient (Wildman–Crippen LogP) is 2.73. The van der Waals surface area contributed by atoms with Gasteiger partial charge in [0.15, 0.2) is 0 Å². The normalized spacial score (nSPS) is 14.0. The van der Waals surface area contributed by atoms with Gasteiger partial charge in [0.25, 0.3) is 0 Å². The van der Waals surface area contributed by atoms with E-state index in [0.717, 1.165) is 35.7 Å². The van der Waals surface area contributed by atoms with Crippen LogP contribution in [0.3, 0.4) is 0 Å². The van der Waals surface area contributed by atoms with Crippen LogP contribution >= 0.6 is 11.8 Å². The number of rotatable bonds is 3. The fourth-order valence-electron chi connectivity index (χ4n) is 2.90. The Hall–Kier alpha value is -2.67. The Kier molecular flexibility index (Phi) is 4.47. The van der Waals surface area contributed by atoms with E-state index in [1.54, 1.807) is 11.0 Å². The minimum atomic E-state index is 0.130. The van der Waals surface area contributed by atoms with Gasteiger partial charge in [0, 0.05) is 11.4 Å². The molecule has 2 aromatic carbocycles. The molecule has 2 heterocycles. The molecular weight excluding hydrogens is 334 g/mol. The number of benzene rings is 2. The average Bonchev–Trinajstić information content (AvgIpc) is 3.09. The van der Waals surface area contributed by atoms with Crippen LogP contribution in [0.15, 0.2) is 59.8 Å². The van der Waals surface area contributed by atoms with E-state index < -0.39 is 0 Å². The molecule has 1 aromatic heterocycles. The van der Waals surface area contributed by atoms with Gasteiger partial charge < -0.3 is 4.90 Å². The number of thioether (sulfide) groups is 1. The summed E-state index contributed by atoms with van der Waals surface area (Å²) in [4.78, 5) is 16.0. The van der Waals surface area contributed by atoms with E-state index in [2.05, 4.69) is 21.6 Å². The molecule has 1 aliphatic rings. The zero-order chi connectivity index (χ0) is 17.1. The molecule has 0 saturated heterocycles. The highest BCUT2D eigenvalue weighted by atomic mass is 32.2. The molecule has 0 saturated carbocycles. The zero-order valence-electron chi connectivity index (χ0n) is 13.6. The number of anilines is 1. The molecule has 126 valence electrons. The number of nitrogens with zero attached hydrogens (tertiary/aromatic N) is 5. The topological polar surface area (TPSA) is 63.9 Å². The van der Waals surface area contributed by atoms with Gasteiger partial charge in [-0.25, -0.2) is 4.68 Å². The summed E-state index contributed by atoms with van der Waals surface area (Å²) in [6, 6.07) is 15.9. The second-order valence-electron chi connectivity index (χ2n) is 5.81. The lowest BCUT2D eigenvalue weighted by Gasteiger charge is -2.22. The van der Waals surface area contributed by atoms with E-state index >= 15 is 0 Å². The Balaban J connectivity index is 1.52. The Morgan fingerprint density at radius 3 is 2.76 bits per heavy atom. The first-order valence-electron chi connectivity index (χ1n) is 8.16. The summed E-state index contributed by atoms with van der Waals surface area (Å²) in [7, 11) is 0. The monoisotopic (exact) mass is 351 g/mol. The smallest absolute Gasteiger partial charge is 0.231 e. The van der Waals surface area contributed by atoms with Crippen molar-refractivity contribution in [1.82, 2.24) is 20.2 Å². The molecule has 0 bridgehead atoms. The van der Waals surface area contributed by atoms with Gasteiger partial charge in [0.2, 0.25) is 5.91 Å². The summed E-state index contributed by atoms with van der Waals surface area (Å²) < 4.78 is 1.59. The summed E-state index contributed by atoms with van der Waals surface area (Å²) in [6.45, 7) is 0.769. The first kappa shape index (κ1) is 15.8. The molecule has 7 heteroatoms. The SMILES string of the molecule is O=C(Cc1ccc(-n2cnnn2)cc1)N1CCCSc2ccccc21. The van der Waals surface area contributed by atoms with Gasteiger partial charge in [-0.05, 0) is 52.4 Å². The third-order valence-electron chi connectivity index (χ3n) is 4.15. The van der Waals surface area contributed by atoms with Gasteiger partial charge in [-0.1, -0.05) is 24.3 Å². The lowest BCUT2D eigenvalue weighted by Crippen LogP contribution is -2.33. The first-order chi connectivity index (χ1) is 12.3. The highest BCUT2D eigenvalue weighted by Crippen LogP contribution is 2.33. The summed E-state index contributed by atoms with van der Waals surface area (Å²) >= 11 is 1.82. The van der Waals surface area contributed by atoms with Crippen molar-refractivity contribution in [3.63, 3.8) is 0 Å². The Bertz CT molecular complexity index is 863. The van der Waals surface area contributed by atoms with Crippen LogP contribution in [-0.2, 0) is 11.2 Å². The van der Waals surface area contributed by atoms with Gasteiger partial charge in [-0.15, -0.1) is 16.9 Å². The number of aromatic nitrogens is 4. The molecule has 1 aliphatic heterocycles. The number of carbonyl (C=O) groups excluding carboxylic acids is 1. The molecule has 0 radical (unpaired) electrons. The summed E-state index contributed by atoms with van der Waals surface area (Å²) in [6.07, 6.45) is 2.93. The van der Waals surface area contributed by atoms with E-state index in [1.165, 1.54) is 4.90 Å². The minimum Gasteiger partial charge on any atom is -0.311 e. The molecule has 0 fully saturated rings. The number of amides is 1. The van der Waals surface area contributed by atoms with Crippen LogP contribution in [0, 0.1) is 0 Å². The van der Waals surface area contributed by atoms with Crippen molar-refractivity contribution in [2.45, 2.75) is 17.7 Å². The van der Waals surface area contributed by atoms with Crippen molar-refractivity contribution in [2.75, 3.05) is 17.2 Å². The number of fused-ring (bicyclic) bond motifs is 1. The summed E-state index contributed by atoms with van der Waals surface area (Å²) in [5, 5.41) is 11.1. The maximum absolute atomic E-state index is 12.9. The lowest BCUT2D eigenvalue weighted by molar-refractivity contribution is -0.118. The van der Waals surface area contributed by atoms with Gasteiger partial charge in [0.1, 0.15) is 6.33 Å². The molecule has 0 spiro atoms. The van der Waals surface area contributed by atoms with Crippen molar-refractivity contribution < 1.29 is 4.79 Å². The van der Waals surface area contributed by atoms with Crippen LogP contribution in [0.25, 0.3) is 5.69 Å². The quantitative estimate of drug-likeness (QED) is 0.726. The second-order valence-corrected chi connectivity index (χ2v) is 6.95. The number of tetrazole rings is 1. The van der Waals surface area contributed by atoms with Crippen LogP contribution < -0.4 is 4.90 Å². The van der Waals surface area contributed by atoms with Crippen LogP contribution in [-0.4, -0.2) is 38.4 Å². The number of hydrogen-bond donors (Lipinski definition) is 0. The van der Waals surface area contributed by atoms with Crippen LogP contribution in [0.4, 0.5) is 5.69 Å². The first-order valence-corrected chi connectivity index (χ1v) is 9.14. The van der Waals surface area contributed by atoms with Crippen LogP contribution in [0.1, 0.15) is 12.0 Å². The van der Waals surface area contributed by atoms with Gasteiger partial charge in [-0.3, -0.25) is 4.79 Å². The number of carbonyl (C=O) groups is 1. The minimum absolute atomic E-state index is 0.130. The standard InChI is InChI=1S/C18H17N5OS/c24-18(22-10-3-11-25-17-5-2-1-4-16(17)22)12-14-6-8-15(9-7-14)23-13-19-20-21-23/h1-2,4-9,13H,3,10-12H2. The highest BCUT2D eigenvalue weighted by molar-refractivity contribution is 7.99. The van der Waals surface area contributed by atoms with Crippen molar-refractivity contribution >= 4 is 23.4 Å². The third-order valence-corrected chi connectivity index (χ3v) is 5.29. The summed E-state index contributed by atoms with van der Waals surface area (Å²) in [5.74, 6) is 1.17. The molecule has 1 amide bonds. The van der Waals surface area contributed by atoms with Gasteiger partial charge in [0.05, 0.1) is 17.8 Å². The largest absolute Gasteiger partial charge is 0.311 e. The fourth-order valence-corrected chi connectivity index (χ4v) is 3.90. The lowest BCUT2D eigenvalue weighted by atomic mass is 10.1. The molecule has 0 N–H and O–H groups in total. The molecule has 0 unspecified atom stereocenters. The molecule has 0 aliphatic carbocycles. The van der Waals surface area contributed by atoms with Gasteiger partial charge in [-0.2, -0.15) is 0 Å². The molecule has 0 atom stereocenters. The third kappa shape index (κ3) is 3.41. The molecule has 6 nitrogen and oxygen atoms in total. The molecule has 25 heavy (non-hydrogen) atoms. The molecule has 3 aromatic rings. The summed E-state index contributed by atoms with van der Waals surface area (Å²) in [5.41, 5.74) is 2.88. The highest BCUT2D eigenvalue weighted by Gasteiger charge is 2.21. The van der Waals surface area contributed by atoms with E-state index in [4.69, 9.17) is 0 Å². The van der Waals surface area contributed by atoms with Crippen LogP contribution in [0.2, 0.25) is 0 Å². The second kappa shape index (κ2) is 7.06. The number of para-hydroxylation sites is 1. The van der Waals surface area contributed by atoms with Crippen molar-refractivity contribution in [1.29, 1.82) is 0 Å². The Labute approximate surface area is 149 Å². The maximum Gasteiger partial charge on any atom is 0.231 e. The zero-order valence-corrected chi connectivity index (χ0v) is 14.4. The van der Waals surface area contributed by atoms with Crippen molar-refractivity contribution in [3.8, 4) is 5.69 Å². The van der Waals surface area contributed by atoms with Crippen molar-refractivity contribution in [3.05, 3.63) is 60.4 Å². The predicted molar refractivity (Wildman–Crippen MR) is 97.0 cm³/mol. The van der Waals surface area contributed by atoms with Crippen LogP contribution in [0.5, 0.6) is 0 Å². The molecular formula is C18H17N5OS. The van der Waals surface area contributed by atoms with Gasteiger partial charge >= 0.3 is 0 Å². The Morgan fingerprint density at radius 2 is 1.96 bits per heavy atom. The molecule has 4 rings (SSSR count). The Morgan fingerprint density at radius 1 is 1.12 bits per heavy atom. The average molecular weight is 351 g/mol. The van der Waals surface area contributed by atoms with E-state index in [1.807, 2.05) is 59.1 Å². The van der Waals surface area contributed by atoms with E-state index in [0.29, 0.717) is 6.42 Å². The fraction of sp³-hybridized carbons (Fsp3) is 0.222. The van der Waals surface area contributed by atoms with E-state index in [9.17, 15) is 4.79 Å². The number of hydrogen-bond acceptors (Lipinski definition) is 5.